The molecule has 0 atom stereocenters. The largest absolute Gasteiger partial charge is 0.426 e. The minimum atomic E-state index is -3.20. The molecule has 3 aromatic rings. The van der Waals surface area contributed by atoms with Crippen LogP contribution in [0.2, 0.25) is 0 Å². The SMILES string of the molecule is CSc1nc2oc(=O)cc(CCCC3CC3)c2c(=O)n1C(F)F.O=C1Cc2oc(=O)cc(CCCC3CC3)c2C(=O)N1C(F)F. The summed E-state index contributed by atoms with van der Waals surface area (Å²) < 4.78 is 62.4. The van der Waals surface area contributed by atoms with Crippen LogP contribution in [0.25, 0.3) is 11.1 Å². The van der Waals surface area contributed by atoms with Gasteiger partial charge in [-0.1, -0.05) is 50.3 Å². The average Bonchev–Trinajstić information content (AvgIpc) is 3.88. The van der Waals surface area contributed by atoms with Crippen molar-refractivity contribution < 1.29 is 36.0 Å². The van der Waals surface area contributed by atoms with Gasteiger partial charge >= 0.3 is 24.3 Å². The van der Waals surface area contributed by atoms with Crippen LogP contribution in [0, 0.1) is 11.8 Å². The van der Waals surface area contributed by atoms with E-state index in [1.54, 1.807) is 0 Å². The van der Waals surface area contributed by atoms with Gasteiger partial charge in [-0.25, -0.2) is 19.1 Å². The van der Waals surface area contributed by atoms with Gasteiger partial charge in [0.2, 0.25) is 11.6 Å². The van der Waals surface area contributed by atoms with Gasteiger partial charge < -0.3 is 8.83 Å². The number of carbonyl (C=O) groups is 2. The number of amides is 2. The maximum absolute atomic E-state index is 13.2. The Morgan fingerprint density at radius 1 is 0.867 bits per heavy atom. The molecule has 10 nitrogen and oxygen atoms in total. The molecule has 2 aliphatic carbocycles. The number of imide groups is 1. The molecule has 2 saturated carbocycles. The summed E-state index contributed by atoms with van der Waals surface area (Å²) in [4.78, 5) is 63.3. The predicted octanol–water partition coefficient (Wildman–Crippen LogP) is 5.32. The Morgan fingerprint density at radius 3 is 2.00 bits per heavy atom. The van der Waals surface area contributed by atoms with Gasteiger partial charge in [0, 0.05) is 12.1 Å². The van der Waals surface area contributed by atoms with Crippen LogP contribution in [-0.2, 0) is 24.1 Å². The van der Waals surface area contributed by atoms with Crippen LogP contribution in [0.5, 0.6) is 0 Å². The second-order valence-electron chi connectivity index (χ2n) is 11.4. The molecule has 0 saturated heterocycles. The van der Waals surface area contributed by atoms with Crippen molar-refractivity contribution in [1.82, 2.24) is 14.5 Å². The normalized spacial score (nSPS) is 16.4. The van der Waals surface area contributed by atoms with Crippen molar-refractivity contribution >= 4 is 34.7 Å². The van der Waals surface area contributed by atoms with Crippen molar-refractivity contribution in [3.8, 4) is 0 Å². The quantitative estimate of drug-likeness (QED) is 0.0887. The number of nitrogens with zero attached hydrogens (tertiary/aromatic N) is 3. The van der Waals surface area contributed by atoms with Gasteiger partial charge in [-0.3, -0.25) is 14.4 Å². The molecule has 0 unspecified atom stereocenters. The molecule has 242 valence electrons. The van der Waals surface area contributed by atoms with E-state index in [-0.39, 0.29) is 32.5 Å². The Bertz CT molecular complexity index is 1780. The number of aromatic nitrogens is 2. The summed E-state index contributed by atoms with van der Waals surface area (Å²) in [7, 11) is 0. The van der Waals surface area contributed by atoms with E-state index in [1.165, 1.54) is 44.1 Å². The summed E-state index contributed by atoms with van der Waals surface area (Å²) in [5.74, 6) is -0.802. The monoisotopic (exact) mass is 653 g/mol. The van der Waals surface area contributed by atoms with Crippen molar-refractivity contribution in [3.05, 3.63) is 65.8 Å². The topological polar surface area (TPSA) is 133 Å². The first-order chi connectivity index (χ1) is 21.5. The Morgan fingerprint density at radius 2 is 1.44 bits per heavy atom. The van der Waals surface area contributed by atoms with E-state index in [2.05, 4.69) is 4.98 Å². The van der Waals surface area contributed by atoms with Crippen LogP contribution in [-0.4, -0.2) is 39.1 Å². The van der Waals surface area contributed by atoms with Gasteiger partial charge in [0.1, 0.15) is 11.1 Å². The van der Waals surface area contributed by atoms with Gasteiger partial charge in [-0.2, -0.15) is 22.5 Å². The molecule has 1 aliphatic heterocycles. The molecule has 2 amide bonds. The Labute approximate surface area is 257 Å². The fraction of sp³-hybridized carbons (Fsp3) is 0.533. The Kier molecular flexibility index (Phi) is 9.94. The minimum Gasteiger partial charge on any atom is -0.426 e. The highest BCUT2D eigenvalue weighted by Gasteiger charge is 2.39. The molecular formula is C30H31F4N3O7S. The fourth-order valence-corrected chi connectivity index (χ4v) is 6.03. The molecule has 6 rings (SSSR count). The standard InChI is InChI=1S/C15H16F2N2O3S.C15H15F2NO4/c1-23-15-18-12-11(13(21)19(15)14(16)17)9(7-10(20)22-12)4-2-3-8-5-6-8;16-15(17)18-11(19)7-10-13(14(18)21)9(6-12(20)22-10)3-1-2-8-4-5-8/h7-8,14H,2-6H2,1H3;6,8,15H,1-5,7H2. The van der Waals surface area contributed by atoms with Crippen molar-refractivity contribution in [2.75, 3.05) is 6.26 Å². The van der Waals surface area contributed by atoms with Crippen molar-refractivity contribution in [2.24, 2.45) is 11.8 Å². The lowest BCUT2D eigenvalue weighted by molar-refractivity contribution is -0.139. The summed E-state index contributed by atoms with van der Waals surface area (Å²) in [5.41, 5.74) is -1.51. The Hall–Kier alpha value is -3.75. The average molecular weight is 654 g/mol. The minimum absolute atomic E-state index is 0.0153. The zero-order chi connectivity index (χ0) is 32.4. The number of thioether (sulfide) groups is 1. The number of alkyl halides is 4. The van der Waals surface area contributed by atoms with Gasteiger partial charge in [0.05, 0.1) is 12.0 Å². The van der Waals surface area contributed by atoms with Crippen molar-refractivity contribution in [3.63, 3.8) is 0 Å². The first-order valence-corrected chi connectivity index (χ1v) is 15.9. The predicted molar refractivity (Wildman–Crippen MR) is 155 cm³/mol. The first-order valence-electron chi connectivity index (χ1n) is 14.7. The zero-order valence-electron chi connectivity index (χ0n) is 24.4. The maximum atomic E-state index is 13.2. The summed E-state index contributed by atoms with van der Waals surface area (Å²) in [6.07, 6.45) is 10.4. The molecule has 15 heteroatoms. The van der Waals surface area contributed by atoms with Crippen LogP contribution in [0.15, 0.2) is 40.5 Å². The van der Waals surface area contributed by atoms with Gasteiger partial charge in [-0.15, -0.1) is 0 Å². The molecular weight excluding hydrogens is 622 g/mol. The zero-order valence-corrected chi connectivity index (χ0v) is 25.2. The third kappa shape index (κ3) is 7.56. The lowest BCUT2D eigenvalue weighted by atomic mass is 9.96. The smallest absolute Gasteiger partial charge is 0.337 e. The lowest BCUT2D eigenvalue weighted by Gasteiger charge is -2.26. The summed E-state index contributed by atoms with van der Waals surface area (Å²) in [6.45, 7) is -6.19. The summed E-state index contributed by atoms with van der Waals surface area (Å²) in [5, 5.41) is -0.186. The van der Waals surface area contributed by atoms with Crippen LogP contribution < -0.4 is 16.8 Å². The third-order valence-electron chi connectivity index (χ3n) is 8.07. The van der Waals surface area contributed by atoms with E-state index in [4.69, 9.17) is 8.83 Å². The maximum Gasteiger partial charge on any atom is 0.337 e. The lowest BCUT2D eigenvalue weighted by Crippen LogP contribution is -2.46. The number of fused-ring (bicyclic) bond motifs is 2. The molecule has 3 aromatic heterocycles. The second kappa shape index (κ2) is 13.7. The highest BCUT2D eigenvalue weighted by atomic mass is 32.2. The molecule has 3 aliphatic rings. The van der Waals surface area contributed by atoms with E-state index in [0.29, 0.717) is 34.5 Å². The van der Waals surface area contributed by atoms with Crippen molar-refractivity contribution in [1.29, 1.82) is 0 Å². The number of aryl methyl sites for hydroxylation is 2. The molecule has 0 N–H and O–H groups in total. The molecule has 0 radical (unpaired) electrons. The van der Waals surface area contributed by atoms with E-state index in [1.807, 2.05) is 0 Å². The van der Waals surface area contributed by atoms with Crippen LogP contribution >= 0.6 is 11.8 Å². The first kappa shape index (κ1) is 32.6. The molecule has 2 fully saturated rings. The van der Waals surface area contributed by atoms with Gasteiger partial charge in [0.15, 0.2) is 5.16 Å². The van der Waals surface area contributed by atoms with Crippen LogP contribution in [0.1, 0.15) is 85.2 Å². The summed E-state index contributed by atoms with van der Waals surface area (Å²) >= 11 is 0.904. The molecule has 45 heavy (non-hydrogen) atoms. The number of hydrogen-bond donors (Lipinski definition) is 0. The molecule has 0 spiro atoms. The van der Waals surface area contributed by atoms with E-state index >= 15 is 0 Å². The van der Waals surface area contributed by atoms with E-state index < -0.39 is 48.1 Å². The summed E-state index contributed by atoms with van der Waals surface area (Å²) in [6, 6.07) is 2.38. The Balaban J connectivity index is 0.000000178. The number of carbonyl (C=O) groups excluding carboxylic acids is 2. The van der Waals surface area contributed by atoms with Gasteiger partial charge in [0.25, 0.3) is 11.5 Å². The number of halogens is 4. The highest BCUT2D eigenvalue weighted by Crippen LogP contribution is 2.35. The highest BCUT2D eigenvalue weighted by molar-refractivity contribution is 7.98. The molecule has 4 heterocycles. The number of rotatable bonds is 11. The molecule has 0 bridgehead atoms. The second-order valence-corrected chi connectivity index (χ2v) is 12.2. The third-order valence-corrected chi connectivity index (χ3v) is 8.73. The fourth-order valence-electron chi connectivity index (χ4n) is 5.50. The molecule has 0 aromatic carbocycles. The van der Waals surface area contributed by atoms with Crippen molar-refractivity contribution in [2.45, 2.75) is 88.9 Å². The van der Waals surface area contributed by atoms with E-state index in [0.717, 1.165) is 43.4 Å². The van der Waals surface area contributed by atoms with Crippen LogP contribution in [0.4, 0.5) is 17.6 Å². The number of hydrogen-bond acceptors (Lipinski definition) is 9. The van der Waals surface area contributed by atoms with Gasteiger partial charge in [-0.05, 0) is 54.9 Å². The van der Waals surface area contributed by atoms with Crippen LogP contribution in [0.3, 0.4) is 0 Å². The van der Waals surface area contributed by atoms with E-state index in [9.17, 15) is 41.5 Å².